The van der Waals surface area contributed by atoms with Crippen LogP contribution in [0.15, 0.2) is 123 Å². The van der Waals surface area contributed by atoms with Crippen molar-refractivity contribution in [1.82, 2.24) is 14.0 Å². The van der Waals surface area contributed by atoms with Gasteiger partial charge in [0.1, 0.15) is 0 Å². The molecule has 0 aliphatic heterocycles. The predicted molar refractivity (Wildman–Crippen MR) is 139 cm³/mol. The van der Waals surface area contributed by atoms with Gasteiger partial charge in [0, 0.05) is 23.4 Å². The average Bonchev–Trinajstić information content (AvgIpc) is 3.03. The average molecular weight is 480 g/mol. The number of thioether (sulfide) groups is 1. The Balaban J connectivity index is 1.77. The Morgan fingerprint density at radius 2 is 1.31 bits per heavy atom. The van der Waals surface area contributed by atoms with E-state index in [2.05, 4.69) is 0 Å². The molecule has 5 rings (SSSR count). The summed E-state index contributed by atoms with van der Waals surface area (Å²) in [5.41, 5.74) is 1.20. The van der Waals surface area contributed by atoms with Crippen LogP contribution in [0.3, 0.4) is 0 Å². The van der Waals surface area contributed by atoms with Gasteiger partial charge in [0.05, 0.1) is 17.3 Å². The number of aromatic nitrogens is 3. The second-order valence-electron chi connectivity index (χ2n) is 7.98. The first-order chi connectivity index (χ1) is 17.1. The predicted octanol–water partition coefficient (Wildman–Crippen LogP) is 4.22. The van der Waals surface area contributed by atoms with Gasteiger partial charge in [0.2, 0.25) is 11.2 Å². The van der Waals surface area contributed by atoms with Crippen LogP contribution < -0.4 is 16.5 Å². The molecule has 35 heavy (non-hydrogen) atoms. The van der Waals surface area contributed by atoms with E-state index in [-0.39, 0.29) is 17.9 Å². The third kappa shape index (κ3) is 4.85. The van der Waals surface area contributed by atoms with Gasteiger partial charge in [0.15, 0.2) is 0 Å². The van der Waals surface area contributed by atoms with Crippen molar-refractivity contribution >= 4 is 17.5 Å². The van der Waals surface area contributed by atoms with E-state index in [1.165, 1.54) is 32.9 Å². The molecule has 2 aromatic heterocycles. The third-order valence-electron chi connectivity index (χ3n) is 5.56. The van der Waals surface area contributed by atoms with Crippen molar-refractivity contribution < 1.29 is 0 Å². The molecule has 0 amide bonds. The van der Waals surface area contributed by atoms with Crippen LogP contribution in [0.1, 0.15) is 11.1 Å². The van der Waals surface area contributed by atoms with Crippen LogP contribution >= 0.6 is 11.8 Å². The van der Waals surface area contributed by atoms with Crippen LogP contribution in [-0.2, 0) is 12.3 Å². The first kappa shape index (κ1) is 22.6. The Morgan fingerprint density at radius 1 is 0.714 bits per heavy atom. The lowest BCUT2D eigenvalue weighted by Gasteiger charge is -2.12. The van der Waals surface area contributed by atoms with Gasteiger partial charge in [-0.2, -0.15) is 0 Å². The fourth-order valence-corrected chi connectivity index (χ4v) is 4.80. The van der Waals surface area contributed by atoms with Gasteiger partial charge in [-0.05, 0) is 11.1 Å². The molecule has 0 bridgehead atoms. The number of nitrogens with zero attached hydrogens (tertiary/aromatic N) is 3. The maximum atomic E-state index is 13.3. The second kappa shape index (κ2) is 9.95. The first-order valence-electron chi connectivity index (χ1n) is 11.1. The molecule has 2 heterocycles. The topological polar surface area (TPSA) is 73.4 Å². The summed E-state index contributed by atoms with van der Waals surface area (Å²) < 4.78 is 2.71. The summed E-state index contributed by atoms with van der Waals surface area (Å²) in [6.45, 7) is 0.214. The summed E-state index contributed by atoms with van der Waals surface area (Å²) in [5.74, 6) is 0.658. The Bertz CT molecular complexity index is 1670. The van der Waals surface area contributed by atoms with Crippen molar-refractivity contribution in [3.8, 4) is 11.3 Å². The Kier molecular flexibility index (Phi) is 6.41. The number of fused-ring (bicyclic) bond motifs is 1. The Morgan fingerprint density at radius 3 is 1.97 bits per heavy atom. The van der Waals surface area contributed by atoms with Crippen molar-refractivity contribution in [1.29, 1.82) is 0 Å². The van der Waals surface area contributed by atoms with Crippen LogP contribution in [0.4, 0.5) is 0 Å². The SMILES string of the molecule is O=c1cc(-c2ccccc2)nc2n(Cc3ccccc3)c(=O)cc(SCc3ccccc3)n2c1=O. The van der Waals surface area contributed by atoms with Gasteiger partial charge in [-0.15, -0.1) is 11.8 Å². The van der Waals surface area contributed by atoms with Crippen LogP contribution in [0, 0.1) is 0 Å². The van der Waals surface area contributed by atoms with E-state index in [0.29, 0.717) is 22.0 Å². The molecule has 0 unspecified atom stereocenters. The minimum absolute atomic E-state index is 0.128. The highest BCUT2D eigenvalue weighted by molar-refractivity contribution is 7.98. The summed E-state index contributed by atoms with van der Waals surface area (Å²) in [6, 6.07) is 31.0. The molecule has 0 saturated carbocycles. The quantitative estimate of drug-likeness (QED) is 0.207. The molecule has 0 aliphatic carbocycles. The number of rotatable bonds is 6. The molecule has 5 aromatic rings. The minimum Gasteiger partial charge on any atom is -0.284 e. The lowest BCUT2D eigenvalue weighted by Crippen LogP contribution is -2.32. The zero-order valence-corrected chi connectivity index (χ0v) is 19.5. The van der Waals surface area contributed by atoms with E-state index >= 15 is 0 Å². The Hall–Kier alpha value is -4.23. The summed E-state index contributed by atoms with van der Waals surface area (Å²) in [4.78, 5) is 44.3. The molecule has 0 saturated heterocycles. The summed E-state index contributed by atoms with van der Waals surface area (Å²) in [5, 5.41) is 0.378. The highest BCUT2D eigenvalue weighted by Gasteiger charge is 2.15. The lowest BCUT2D eigenvalue weighted by atomic mass is 10.1. The normalized spacial score (nSPS) is 11.0. The third-order valence-corrected chi connectivity index (χ3v) is 6.63. The standard InChI is InChI=1S/C28H21N3O3S/c32-24-16-23(22-14-8-3-9-15-22)29-28-30(18-20-10-4-1-5-11-20)25(33)17-26(31(28)27(24)34)35-19-21-12-6-2-7-13-21/h1-17H,18-19H2. The number of hydrogen-bond acceptors (Lipinski definition) is 5. The van der Waals surface area contributed by atoms with Crippen LogP contribution in [0.5, 0.6) is 0 Å². The maximum Gasteiger partial charge on any atom is 0.306 e. The molecule has 0 atom stereocenters. The summed E-state index contributed by atoms with van der Waals surface area (Å²) >= 11 is 1.32. The van der Waals surface area contributed by atoms with Gasteiger partial charge < -0.3 is 0 Å². The van der Waals surface area contributed by atoms with Crippen LogP contribution in [0.25, 0.3) is 17.0 Å². The molecule has 6 nitrogen and oxygen atoms in total. The molecular weight excluding hydrogens is 458 g/mol. The largest absolute Gasteiger partial charge is 0.306 e. The smallest absolute Gasteiger partial charge is 0.284 e. The van der Waals surface area contributed by atoms with Crippen molar-refractivity contribution in [2.24, 2.45) is 0 Å². The fourth-order valence-electron chi connectivity index (χ4n) is 3.81. The molecule has 3 aromatic carbocycles. The highest BCUT2D eigenvalue weighted by Crippen LogP contribution is 2.22. The zero-order valence-electron chi connectivity index (χ0n) is 18.7. The first-order valence-corrected chi connectivity index (χ1v) is 12.1. The van der Waals surface area contributed by atoms with E-state index in [4.69, 9.17) is 4.98 Å². The number of hydrogen-bond donors (Lipinski definition) is 0. The van der Waals surface area contributed by atoms with Gasteiger partial charge in [-0.25, -0.2) is 9.38 Å². The lowest BCUT2D eigenvalue weighted by molar-refractivity contribution is 0.721. The molecule has 0 spiro atoms. The molecule has 0 N–H and O–H groups in total. The van der Waals surface area contributed by atoms with Crippen molar-refractivity contribution in [3.63, 3.8) is 0 Å². The van der Waals surface area contributed by atoms with E-state index < -0.39 is 11.0 Å². The van der Waals surface area contributed by atoms with E-state index in [1.54, 1.807) is 0 Å². The molecule has 7 heteroatoms. The molecule has 0 aliphatic rings. The molecule has 172 valence electrons. The second-order valence-corrected chi connectivity index (χ2v) is 8.97. The highest BCUT2D eigenvalue weighted by atomic mass is 32.2. The monoisotopic (exact) mass is 479 g/mol. The summed E-state index contributed by atoms with van der Waals surface area (Å²) in [6.07, 6.45) is 0. The van der Waals surface area contributed by atoms with Gasteiger partial charge in [-0.3, -0.25) is 19.0 Å². The van der Waals surface area contributed by atoms with Crippen LogP contribution in [0.2, 0.25) is 0 Å². The van der Waals surface area contributed by atoms with Gasteiger partial charge >= 0.3 is 5.56 Å². The fraction of sp³-hybridized carbons (Fsp3) is 0.0714. The summed E-state index contributed by atoms with van der Waals surface area (Å²) in [7, 11) is 0. The molecule has 0 fully saturated rings. The van der Waals surface area contributed by atoms with E-state index in [0.717, 1.165) is 11.1 Å². The molecular formula is C28H21N3O3S. The van der Waals surface area contributed by atoms with Crippen molar-refractivity contribution in [2.75, 3.05) is 0 Å². The maximum absolute atomic E-state index is 13.3. The van der Waals surface area contributed by atoms with E-state index in [9.17, 15) is 14.4 Å². The van der Waals surface area contributed by atoms with Crippen LogP contribution in [-0.4, -0.2) is 14.0 Å². The van der Waals surface area contributed by atoms with Crippen molar-refractivity contribution in [2.45, 2.75) is 17.3 Å². The minimum atomic E-state index is -0.743. The van der Waals surface area contributed by atoms with E-state index in [1.807, 2.05) is 91.0 Å². The molecule has 0 radical (unpaired) electrons. The van der Waals surface area contributed by atoms with Gasteiger partial charge in [0.25, 0.3) is 5.56 Å². The van der Waals surface area contributed by atoms with Crippen molar-refractivity contribution in [3.05, 3.63) is 145 Å². The Labute approximate surface area is 205 Å². The van der Waals surface area contributed by atoms with Gasteiger partial charge in [-0.1, -0.05) is 91.0 Å². The zero-order chi connectivity index (χ0) is 24.2. The number of benzene rings is 3.